The number of hydrogen-bond donors (Lipinski definition) is 0. The first-order valence-electron chi connectivity index (χ1n) is 2.46. The van der Waals surface area contributed by atoms with Crippen LogP contribution in [0.1, 0.15) is 6.92 Å². The molecule has 0 unspecified atom stereocenters. The van der Waals surface area contributed by atoms with Gasteiger partial charge in [-0.25, -0.2) is 0 Å². The number of hydrogen-bond acceptors (Lipinski definition) is 2. The van der Waals surface area contributed by atoms with Crippen LogP contribution in [0.5, 0.6) is 0 Å². The highest BCUT2D eigenvalue weighted by atomic mass is 28.1. The number of rotatable bonds is 2. The van der Waals surface area contributed by atoms with Gasteiger partial charge in [0, 0.05) is 16.3 Å². The van der Waals surface area contributed by atoms with Gasteiger partial charge in [-0.15, -0.1) is 0 Å². The molecular formula is C4H10O2Si. The summed E-state index contributed by atoms with van der Waals surface area (Å²) in [5.41, 5.74) is 0. The molecule has 0 aliphatic carbocycles. The normalized spacial score (nSPS) is 8.71. The summed E-state index contributed by atoms with van der Waals surface area (Å²) in [7, 11) is 0.913. The first-order chi connectivity index (χ1) is 3.31. The Hall–Kier alpha value is -0.313. The predicted molar refractivity (Wildman–Crippen MR) is 31.4 cm³/mol. The molecule has 0 bridgehead atoms. The summed E-state index contributed by atoms with van der Waals surface area (Å²) in [5.74, 6) is -0.0610. The lowest BCUT2D eigenvalue weighted by atomic mass is 10.8. The molecule has 0 fully saturated rings. The Morgan fingerprint density at radius 2 is 2.43 bits per heavy atom. The van der Waals surface area contributed by atoms with Crippen LogP contribution in [0.4, 0.5) is 0 Å². The lowest BCUT2D eigenvalue weighted by Crippen LogP contribution is -2.01. The zero-order chi connectivity index (χ0) is 5.70. The zero-order valence-electron chi connectivity index (χ0n) is 4.73. The van der Waals surface area contributed by atoms with E-state index < -0.39 is 0 Å². The Morgan fingerprint density at radius 3 is 2.57 bits per heavy atom. The standard InChI is InChI=1S/C4H10O2Si/c1-2-6-4(5)3-7/h2-3H2,1,7H3. The molecule has 0 radical (unpaired) electrons. The SMILES string of the molecule is CCOC(=O)C[SiH3]. The molecule has 0 rings (SSSR count). The minimum atomic E-state index is -0.0610. The number of carbonyl (C=O) groups is 1. The highest BCUT2D eigenvalue weighted by Gasteiger charge is 1.91. The van der Waals surface area contributed by atoms with E-state index in [4.69, 9.17) is 0 Å². The van der Waals surface area contributed by atoms with Crippen molar-refractivity contribution in [2.45, 2.75) is 13.0 Å². The van der Waals surface area contributed by atoms with Crippen LogP contribution in [0, 0.1) is 0 Å². The minimum absolute atomic E-state index is 0.0610. The Morgan fingerprint density at radius 1 is 1.86 bits per heavy atom. The van der Waals surface area contributed by atoms with Gasteiger partial charge in [-0.2, -0.15) is 0 Å². The van der Waals surface area contributed by atoms with Crippen LogP contribution in [-0.2, 0) is 9.53 Å². The van der Waals surface area contributed by atoms with E-state index in [1.54, 1.807) is 0 Å². The van der Waals surface area contributed by atoms with Gasteiger partial charge in [0.15, 0.2) is 0 Å². The van der Waals surface area contributed by atoms with Crippen LogP contribution in [-0.4, -0.2) is 22.8 Å². The zero-order valence-corrected chi connectivity index (χ0v) is 6.73. The molecule has 0 aromatic carbocycles. The summed E-state index contributed by atoms with van der Waals surface area (Å²) in [6.07, 6.45) is 0. The molecule has 0 atom stereocenters. The maximum atomic E-state index is 10.2. The van der Waals surface area contributed by atoms with Crippen molar-refractivity contribution < 1.29 is 9.53 Å². The minimum Gasteiger partial charge on any atom is -0.466 e. The third-order valence-corrected chi connectivity index (χ3v) is 1.17. The fourth-order valence-electron chi connectivity index (χ4n) is 0.263. The maximum absolute atomic E-state index is 10.2. The Kier molecular flexibility index (Phi) is 3.69. The van der Waals surface area contributed by atoms with Gasteiger partial charge in [-0.05, 0) is 6.92 Å². The first kappa shape index (κ1) is 6.69. The van der Waals surface area contributed by atoms with Gasteiger partial charge >= 0.3 is 5.97 Å². The van der Waals surface area contributed by atoms with Crippen molar-refractivity contribution in [3.05, 3.63) is 0 Å². The van der Waals surface area contributed by atoms with E-state index in [0.717, 1.165) is 10.2 Å². The Bertz CT molecular complexity index is 62.7. The van der Waals surface area contributed by atoms with Gasteiger partial charge in [0.1, 0.15) is 0 Å². The summed E-state index contributed by atoms with van der Waals surface area (Å²) < 4.78 is 4.59. The van der Waals surface area contributed by atoms with E-state index in [0.29, 0.717) is 12.7 Å². The number of esters is 1. The topological polar surface area (TPSA) is 26.3 Å². The van der Waals surface area contributed by atoms with Crippen LogP contribution in [0.3, 0.4) is 0 Å². The fraction of sp³-hybridized carbons (Fsp3) is 0.750. The van der Waals surface area contributed by atoms with Crippen molar-refractivity contribution in [3.8, 4) is 0 Å². The van der Waals surface area contributed by atoms with E-state index in [-0.39, 0.29) is 5.97 Å². The molecule has 0 amide bonds. The smallest absolute Gasteiger partial charge is 0.302 e. The second-order valence-electron chi connectivity index (χ2n) is 1.16. The van der Waals surface area contributed by atoms with Crippen molar-refractivity contribution >= 4 is 16.2 Å². The molecular weight excluding hydrogens is 108 g/mol. The van der Waals surface area contributed by atoms with E-state index in [9.17, 15) is 4.79 Å². The molecule has 2 nitrogen and oxygen atoms in total. The summed E-state index contributed by atoms with van der Waals surface area (Å²) >= 11 is 0. The summed E-state index contributed by atoms with van der Waals surface area (Å²) in [4.78, 5) is 10.2. The van der Waals surface area contributed by atoms with Crippen LogP contribution in [0.15, 0.2) is 0 Å². The van der Waals surface area contributed by atoms with Gasteiger partial charge in [0.2, 0.25) is 0 Å². The van der Waals surface area contributed by atoms with Gasteiger partial charge in [0.25, 0.3) is 0 Å². The average Bonchev–Trinajstić information content (AvgIpc) is 1.68. The van der Waals surface area contributed by atoms with Gasteiger partial charge < -0.3 is 4.74 Å². The van der Waals surface area contributed by atoms with E-state index in [1.165, 1.54) is 0 Å². The quantitative estimate of drug-likeness (QED) is 0.355. The lowest BCUT2D eigenvalue weighted by molar-refractivity contribution is -0.140. The second kappa shape index (κ2) is 3.86. The molecule has 0 aromatic heterocycles. The van der Waals surface area contributed by atoms with E-state index in [1.807, 2.05) is 6.92 Å². The van der Waals surface area contributed by atoms with Crippen LogP contribution >= 0.6 is 0 Å². The first-order valence-corrected chi connectivity index (χ1v) is 3.88. The Labute approximate surface area is 46.3 Å². The second-order valence-corrected chi connectivity index (χ2v) is 1.87. The molecule has 0 aliphatic rings. The highest BCUT2D eigenvalue weighted by Crippen LogP contribution is 1.78. The third kappa shape index (κ3) is 3.52. The highest BCUT2D eigenvalue weighted by molar-refractivity contribution is 6.18. The maximum Gasteiger partial charge on any atom is 0.302 e. The summed E-state index contributed by atoms with van der Waals surface area (Å²) in [6.45, 7) is 2.33. The van der Waals surface area contributed by atoms with Gasteiger partial charge in [-0.3, -0.25) is 4.79 Å². The molecule has 0 heterocycles. The molecule has 3 heteroatoms. The number of carbonyl (C=O) groups excluding carboxylic acids is 1. The molecule has 42 valence electrons. The van der Waals surface area contributed by atoms with Crippen molar-refractivity contribution in [2.24, 2.45) is 0 Å². The van der Waals surface area contributed by atoms with Crippen LogP contribution in [0.25, 0.3) is 0 Å². The molecule has 0 aliphatic heterocycles. The lowest BCUT2D eigenvalue weighted by Gasteiger charge is -1.93. The molecule has 7 heavy (non-hydrogen) atoms. The van der Waals surface area contributed by atoms with Crippen molar-refractivity contribution in [2.75, 3.05) is 6.61 Å². The molecule has 0 saturated carbocycles. The molecule has 0 aromatic rings. The Balaban J connectivity index is 3.00. The van der Waals surface area contributed by atoms with E-state index >= 15 is 0 Å². The van der Waals surface area contributed by atoms with E-state index in [2.05, 4.69) is 4.74 Å². The number of ether oxygens (including phenoxy) is 1. The predicted octanol–water partition coefficient (Wildman–Crippen LogP) is -0.667. The monoisotopic (exact) mass is 118 g/mol. The molecule has 0 saturated heterocycles. The van der Waals surface area contributed by atoms with Crippen molar-refractivity contribution in [1.82, 2.24) is 0 Å². The fourth-order valence-corrected chi connectivity index (χ4v) is 0.467. The largest absolute Gasteiger partial charge is 0.466 e. The summed E-state index contributed by atoms with van der Waals surface area (Å²) in [5, 5.41) is 0. The van der Waals surface area contributed by atoms with Crippen molar-refractivity contribution in [1.29, 1.82) is 0 Å². The average molecular weight is 118 g/mol. The molecule has 0 spiro atoms. The third-order valence-electron chi connectivity index (χ3n) is 0.594. The van der Waals surface area contributed by atoms with Crippen molar-refractivity contribution in [3.63, 3.8) is 0 Å². The van der Waals surface area contributed by atoms with Crippen LogP contribution in [0.2, 0.25) is 6.04 Å². The van der Waals surface area contributed by atoms with Gasteiger partial charge in [-0.1, -0.05) is 0 Å². The summed E-state index contributed by atoms with van der Waals surface area (Å²) in [6, 6.07) is 0.619. The van der Waals surface area contributed by atoms with Crippen LogP contribution < -0.4 is 0 Å². The van der Waals surface area contributed by atoms with Gasteiger partial charge in [0.05, 0.1) is 6.61 Å². The molecule has 0 N–H and O–H groups in total.